The molecule has 0 saturated heterocycles. The molecule has 0 spiro atoms. The van der Waals surface area contributed by atoms with E-state index in [2.05, 4.69) is 10.6 Å². The summed E-state index contributed by atoms with van der Waals surface area (Å²) in [7, 11) is 0. The smallest absolute Gasteiger partial charge is 0.146 e. The molecule has 0 heterocycles. The fourth-order valence-electron chi connectivity index (χ4n) is 1.61. The zero-order valence-electron chi connectivity index (χ0n) is 12.2. The summed E-state index contributed by atoms with van der Waals surface area (Å²) in [6.45, 7) is 5.76. The molecule has 0 aromatic rings. The lowest BCUT2D eigenvalue weighted by molar-refractivity contribution is -0.119. The van der Waals surface area contributed by atoms with E-state index in [1.165, 1.54) is 0 Å². The van der Waals surface area contributed by atoms with Gasteiger partial charge in [0.15, 0.2) is 0 Å². The van der Waals surface area contributed by atoms with Crippen LogP contribution in [0.15, 0.2) is 0 Å². The molecule has 8 heteroatoms. The van der Waals surface area contributed by atoms with Gasteiger partial charge < -0.3 is 22.1 Å². The van der Waals surface area contributed by atoms with Gasteiger partial charge in [-0.25, -0.2) is 0 Å². The summed E-state index contributed by atoms with van der Waals surface area (Å²) in [6.07, 6.45) is 3.81. The van der Waals surface area contributed by atoms with Crippen molar-refractivity contribution < 1.29 is 4.79 Å². The largest absolute Gasteiger partial charge is 0.330 e. The lowest BCUT2D eigenvalue weighted by atomic mass is 10.1. The van der Waals surface area contributed by atoms with Crippen molar-refractivity contribution >= 4 is 43.0 Å². The lowest BCUT2D eigenvalue weighted by Crippen LogP contribution is -2.37. The van der Waals surface area contributed by atoms with Crippen LogP contribution >= 0.6 is 37.2 Å². The minimum absolute atomic E-state index is 0. The highest BCUT2D eigenvalue weighted by atomic mass is 35.5. The summed E-state index contributed by atoms with van der Waals surface area (Å²) in [6, 6.07) is -0.0159. The number of hydrogen-bond donors (Lipinski definition) is 4. The molecule has 5 nitrogen and oxygen atoms in total. The Morgan fingerprint density at radius 2 is 1.45 bits per heavy atom. The van der Waals surface area contributed by atoms with Crippen LogP contribution in [-0.4, -0.2) is 44.5 Å². The number of ketones is 1. The number of carbonyl (C=O) groups is 1. The van der Waals surface area contributed by atoms with Crippen LogP contribution in [-0.2, 0) is 4.79 Å². The molecule has 1 atom stereocenters. The van der Waals surface area contributed by atoms with E-state index in [4.69, 9.17) is 11.5 Å². The van der Waals surface area contributed by atoms with Gasteiger partial charge in [-0.2, -0.15) is 0 Å². The van der Waals surface area contributed by atoms with Crippen molar-refractivity contribution in [3.05, 3.63) is 0 Å². The van der Waals surface area contributed by atoms with Crippen molar-refractivity contribution in [1.82, 2.24) is 10.6 Å². The van der Waals surface area contributed by atoms with Gasteiger partial charge in [-0.1, -0.05) is 0 Å². The monoisotopic (exact) mass is 352 g/mol. The van der Waals surface area contributed by atoms with Gasteiger partial charge in [-0.05, 0) is 65.3 Å². The number of carbonyl (C=O) groups excluding carboxylic acids is 1. The Morgan fingerprint density at radius 1 is 0.950 bits per heavy atom. The van der Waals surface area contributed by atoms with Gasteiger partial charge in [0.05, 0.1) is 6.04 Å². The van der Waals surface area contributed by atoms with E-state index in [1.54, 1.807) is 6.92 Å². The van der Waals surface area contributed by atoms with E-state index in [1.807, 2.05) is 0 Å². The van der Waals surface area contributed by atoms with Crippen LogP contribution in [0.3, 0.4) is 0 Å². The molecule has 0 aromatic heterocycles. The van der Waals surface area contributed by atoms with Crippen LogP contribution in [0.4, 0.5) is 0 Å². The minimum Gasteiger partial charge on any atom is -0.330 e. The third-order valence-electron chi connectivity index (χ3n) is 2.67. The molecule has 6 N–H and O–H groups in total. The molecule has 0 amide bonds. The Morgan fingerprint density at radius 3 is 1.95 bits per heavy atom. The van der Waals surface area contributed by atoms with E-state index < -0.39 is 0 Å². The first-order chi connectivity index (χ1) is 8.22. The quantitative estimate of drug-likeness (QED) is 0.391. The zero-order valence-corrected chi connectivity index (χ0v) is 14.7. The second kappa shape index (κ2) is 21.7. The van der Waals surface area contributed by atoms with Crippen LogP contribution in [0.2, 0.25) is 0 Å². The maximum atomic E-state index is 11.4. The molecule has 0 saturated carbocycles. The van der Waals surface area contributed by atoms with Gasteiger partial charge in [0.1, 0.15) is 5.78 Å². The molecule has 1 unspecified atom stereocenters. The average Bonchev–Trinajstić information content (AvgIpc) is 2.31. The van der Waals surface area contributed by atoms with Crippen LogP contribution < -0.4 is 22.1 Å². The summed E-state index contributed by atoms with van der Waals surface area (Å²) in [5, 5.41) is 6.55. The fourth-order valence-corrected chi connectivity index (χ4v) is 1.61. The molecule has 0 aromatic carbocycles. The maximum Gasteiger partial charge on any atom is 0.146 e. The summed E-state index contributed by atoms with van der Waals surface area (Å²) in [5.74, 6) is 0.212. The van der Waals surface area contributed by atoms with Gasteiger partial charge in [0.25, 0.3) is 0 Å². The van der Waals surface area contributed by atoms with Crippen molar-refractivity contribution in [2.75, 3.05) is 32.7 Å². The Balaban J connectivity index is -0.000000427. The maximum absolute atomic E-state index is 11.4. The number of halogens is 3. The summed E-state index contributed by atoms with van der Waals surface area (Å²) in [5.41, 5.74) is 10.8. The Kier molecular flexibility index (Phi) is 30.9. The van der Waals surface area contributed by atoms with Gasteiger partial charge in [-0.15, -0.1) is 37.2 Å². The van der Waals surface area contributed by atoms with Crippen molar-refractivity contribution in [1.29, 1.82) is 0 Å². The highest BCUT2D eigenvalue weighted by Gasteiger charge is 2.11. The van der Waals surface area contributed by atoms with E-state index in [0.717, 1.165) is 51.9 Å². The molecule has 0 aliphatic heterocycles. The van der Waals surface area contributed by atoms with Gasteiger partial charge >= 0.3 is 0 Å². The number of rotatable bonds is 12. The first-order valence-electron chi connectivity index (χ1n) is 6.57. The second-order valence-corrected chi connectivity index (χ2v) is 4.29. The number of nitrogens with one attached hydrogen (secondary N) is 2. The van der Waals surface area contributed by atoms with E-state index in [-0.39, 0.29) is 49.0 Å². The molecular weight excluding hydrogens is 323 g/mol. The molecular formula is C12H31Cl3N4O. The summed E-state index contributed by atoms with van der Waals surface area (Å²) < 4.78 is 0. The van der Waals surface area contributed by atoms with Crippen LogP contribution in [0.5, 0.6) is 0 Å². The summed E-state index contributed by atoms with van der Waals surface area (Å²) >= 11 is 0. The standard InChI is InChI=1S/C12H28N4O.3ClH/c1-11(17)12(16-10-4-7-14)5-2-8-15-9-3-6-13;;;/h12,15-16H,2-10,13-14H2,1H3;3*1H. The normalized spacial score (nSPS) is 10.8. The predicted octanol–water partition coefficient (Wildman–Crippen LogP) is 0.866. The van der Waals surface area contributed by atoms with Crippen molar-refractivity contribution in [2.45, 2.75) is 38.6 Å². The van der Waals surface area contributed by atoms with Crippen molar-refractivity contribution in [2.24, 2.45) is 11.5 Å². The summed E-state index contributed by atoms with van der Waals surface area (Å²) in [4.78, 5) is 11.4. The molecule has 0 bridgehead atoms. The van der Waals surface area contributed by atoms with Gasteiger partial charge in [-0.3, -0.25) is 4.79 Å². The Bertz CT molecular complexity index is 200. The molecule has 126 valence electrons. The number of Topliss-reactive ketones (excluding diaryl/α,β-unsaturated/α-hetero) is 1. The molecule has 0 aliphatic rings. The number of nitrogens with two attached hydrogens (primary N) is 2. The zero-order chi connectivity index (χ0) is 12.9. The van der Waals surface area contributed by atoms with E-state index in [0.29, 0.717) is 6.54 Å². The second-order valence-electron chi connectivity index (χ2n) is 4.29. The van der Waals surface area contributed by atoms with Crippen LogP contribution in [0.25, 0.3) is 0 Å². The first kappa shape index (κ1) is 28.5. The third kappa shape index (κ3) is 18.4. The average molecular weight is 354 g/mol. The van der Waals surface area contributed by atoms with Crippen molar-refractivity contribution in [3.8, 4) is 0 Å². The molecule has 0 radical (unpaired) electrons. The first-order valence-corrected chi connectivity index (χ1v) is 6.57. The molecule has 0 aliphatic carbocycles. The van der Waals surface area contributed by atoms with E-state index in [9.17, 15) is 4.79 Å². The van der Waals surface area contributed by atoms with Crippen molar-refractivity contribution in [3.63, 3.8) is 0 Å². The van der Waals surface area contributed by atoms with Crippen LogP contribution in [0.1, 0.15) is 32.6 Å². The van der Waals surface area contributed by atoms with Crippen LogP contribution in [0, 0.1) is 0 Å². The lowest BCUT2D eigenvalue weighted by Gasteiger charge is -2.15. The predicted molar refractivity (Wildman–Crippen MR) is 93.7 cm³/mol. The van der Waals surface area contributed by atoms with Gasteiger partial charge in [0, 0.05) is 0 Å². The van der Waals surface area contributed by atoms with Gasteiger partial charge in [0.2, 0.25) is 0 Å². The number of hydrogen-bond acceptors (Lipinski definition) is 5. The third-order valence-corrected chi connectivity index (χ3v) is 2.67. The topological polar surface area (TPSA) is 93.2 Å². The highest BCUT2D eigenvalue weighted by Crippen LogP contribution is 1.98. The van der Waals surface area contributed by atoms with E-state index >= 15 is 0 Å². The fraction of sp³-hybridized carbons (Fsp3) is 0.917. The highest BCUT2D eigenvalue weighted by molar-refractivity contribution is 5.86. The minimum atomic E-state index is -0.0159. The molecule has 0 rings (SSSR count). The Hall–Kier alpha value is 0.380. The Labute approximate surface area is 141 Å². The molecule has 20 heavy (non-hydrogen) atoms. The SMILES string of the molecule is CC(=O)C(CCCNCCCN)NCCCN.Cl.Cl.Cl. The molecule has 0 fully saturated rings.